The summed E-state index contributed by atoms with van der Waals surface area (Å²) in [5.41, 5.74) is 0.280. The topological polar surface area (TPSA) is 81.4 Å². The molecule has 1 N–H and O–H groups in total. The number of nitrogens with zero attached hydrogens (tertiary/aromatic N) is 1. The van der Waals surface area contributed by atoms with Crippen molar-refractivity contribution in [1.82, 2.24) is 10.3 Å². The van der Waals surface area contributed by atoms with E-state index in [1.165, 1.54) is 44.8 Å². The van der Waals surface area contributed by atoms with Crippen LogP contribution in [0.4, 0.5) is 0 Å². The molecule has 0 aromatic carbocycles. The summed E-state index contributed by atoms with van der Waals surface area (Å²) in [4.78, 5) is 27.0. The zero-order valence-corrected chi connectivity index (χ0v) is 12.1. The van der Waals surface area contributed by atoms with Gasteiger partial charge in [-0.1, -0.05) is 25.3 Å². The Labute approximate surface area is 123 Å². The number of methoxy groups -OCH3 is 1. The van der Waals surface area contributed by atoms with Crippen LogP contribution in [-0.4, -0.2) is 30.5 Å². The summed E-state index contributed by atoms with van der Waals surface area (Å²) in [6.45, 7) is 0.236. The van der Waals surface area contributed by atoms with Crippen molar-refractivity contribution < 1.29 is 18.7 Å². The molecule has 0 atom stereocenters. The molecule has 0 bridgehead atoms. The van der Waals surface area contributed by atoms with Crippen molar-refractivity contribution in [2.24, 2.45) is 0 Å². The number of hydrogen-bond acceptors (Lipinski definition) is 5. The van der Waals surface area contributed by atoms with E-state index >= 15 is 0 Å². The first-order valence-corrected chi connectivity index (χ1v) is 7.19. The Morgan fingerprint density at radius 2 is 2.19 bits per heavy atom. The second kappa shape index (κ2) is 7.61. The molecule has 1 saturated carbocycles. The Hall–Kier alpha value is -2.11. The molecule has 1 aromatic rings. The minimum Gasteiger partial charge on any atom is -0.466 e. The molecule has 1 aliphatic rings. The van der Waals surface area contributed by atoms with Gasteiger partial charge < -0.3 is 14.5 Å². The molecule has 2 rings (SSSR count). The van der Waals surface area contributed by atoms with Crippen LogP contribution in [0.5, 0.6) is 0 Å². The molecule has 0 aliphatic heterocycles. The number of carbonyl (C=O) groups excluding carboxylic acids is 2. The van der Waals surface area contributed by atoms with E-state index in [-0.39, 0.29) is 18.1 Å². The molecule has 0 saturated heterocycles. The van der Waals surface area contributed by atoms with Crippen LogP contribution in [0.2, 0.25) is 0 Å². The molecule has 21 heavy (non-hydrogen) atoms. The number of amides is 1. The first-order chi connectivity index (χ1) is 10.2. The van der Waals surface area contributed by atoms with Gasteiger partial charge in [-0.15, -0.1) is 0 Å². The van der Waals surface area contributed by atoms with E-state index < -0.39 is 5.97 Å². The van der Waals surface area contributed by atoms with E-state index in [1.807, 2.05) is 0 Å². The lowest BCUT2D eigenvalue weighted by molar-refractivity contribution is -0.134. The number of nitrogens with one attached hydrogen (secondary N) is 1. The van der Waals surface area contributed by atoms with Crippen LogP contribution in [-0.2, 0) is 9.53 Å². The summed E-state index contributed by atoms with van der Waals surface area (Å²) in [5, 5.41) is 2.64. The lowest BCUT2D eigenvalue weighted by atomic mass is 9.89. The van der Waals surface area contributed by atoms with Gasteiger partial charge in [-0.25, -0.2) is 9.78 Å². The van der Waals surface area contributed by atoms with Crippen molar-refractivity contribution in [2.75, 3.05) is 13.7 Å². The van der Waals surface area contributed by atoms with Crippen molar-refractivity contribution in [3.8, 4) is 0 Å². The summed E-state index contributed by atoms with van der Waals surface area (Å²) in [5.74, 6) is 0.227. The molecule has 0 spiro atoms. The second-order valence-electron chi connectivity index (χ2n) is 5.04. The van der Waals surface area contributed by atoms with Crippen LogP contribution < -0.4 is 5.32 Å². The first-order valence-electron chi connectivity index (χ1n) is 7.19. The molecule has 6 nitrogen and oxygen atoms in total. The van der Waals surface area contributed by atoms with Gasteiger partial charge in [0.15, 0.2) is 11.6 Å². The van der Waals surface area contributed by atoms with Crippen LogP contribution in [0, 0.1) is 0 Å². The Balaban J connectivity index is 1.84. The van der Waals surface area contributed by atoms with E-state index in [9.17, 15) is 9.59 Å². The fourth-order valence-corrected chi connectivity index (χ4v) is 2.39. The first kappa shape index (κ1) is 15.3. The predicted octanol–water partition coefficient (Wildman–Crippen LogP) is 2.18. The van der Waals surface area contributed by atoms with E-state index in [2.05, 4.69) is 15.0 Å². The maximum Gasteiger partial charge on any atom is 0.330 e. The molecule has 1 amide bonds. The SMILES string of the molecule is COC(=O)/C=C/CNC(=O)c1coc(C2CCCCC2)n1. The van der Waals surface area contributed by atoms with Crippen molar-refractivity contribution in [2.45, 2.75) is 38.0 Å². The molecule has 1 fully saturated rings. The normalized spacial score (nSPS) is 16.0. The van der Waals surface area contributed by atoms with Gasteiger partial charge in [-0.05, 0) is 12.8 Å². The van der Waals surface area contributed by atoms with Crippen LogP contribution in [0.1, 0.15) is 54.4 Å². The third kappa shape index (κ3) is 4.44. The maximum atomic E-state index is 11.9. The van der Waals surface area contributed by atoms with Gasteiger partial charge in [0.2, 0.25) is 0 Å². The summed E-state index contributed by atoms with van der Waals surface area (Å²) in [6, 6.07) is 0. The highest BCUT2D eigenvalue weighted by Crippen LogP contribution is 2.31. The molecule has 1 heterocycles. The van der Waals surface area contributed by atoms with Gasteiger partial charge in [0, 0.05) is 18.5 Å². The number of aromatic nitrogens is 1. The third-order valence-electron chi connectivity index (χ3n) is 3.54. The Kier molecular flexibility index (Phi) is 5.54. The number of oxazole rings is 1. The van der Waals surface area contributed by atoms with E-state index in [4.69, 9.17) is 4.42 Å². The molecule has 1 aliphatic carbocycles. The highest BCUT2D eigenvalue weighted by Gasteiger charge is 2.21. The van der Waals surface area contributed by atoms with E-state index in [0.717, 1.165) is 12.8 Å². The summed E-state index contributed by atoms with van der Waals surface area (Å²) in [6.07, 6.45) is 9.95. The van der Waals surface area contributed by atoms with Crippen molar-refractivity contribution in [3.05, 3.63) is 30.0 Å². The van der Waals surface area contributed by atoms with E-state index in [0.29, 0.717) is 11.8 Å². The quantitative estimate of drug-likeness (QED) is 0.664. The minimum absolute atomic E-state index is 0.236. The molecule has 6 heteroatoms. The third-order valence-corrected chi connectivity index (χ3v) is 3.54. The zero-order valence-electron chi connectivity index (χ0n) is 12.1. The van der Waals surface area contributed by atoms with Gasteiger partial charge in [0.05, 0.1) is 7.11 Å². The van der Waals surface area contributed by atoms with Gasteiger partial charge >= 0.3 is 5.97 Å². The average molecular weight is 292 g/mol. The number of carbonyl (C=O) groups is 2. The number of rotatable bonds is 5. The van der Waals surface area contributed by atoms with Crippen molar-refractivity contribution in [3.63, 3.8) is 0 Å². The predicted molar refractivity (Wildman–Crippen MR) is 75.8 cm³/mol. The largest absolute Gasteiger partial charge is 0.466 e. The van der Waals surface area contributed by atoms with Gasteiger partial charge in [0.25, 0.3) is 5.91 Å². The smallest absolute Gasteiger partial charge is 0.330 e. The zero-order chi connectivity index (χ0) is 15.1. The lowest BCUT2D eigenvalue weighted by Crippen LogP contribution is -2.24. The molecular formula is C15H20N2O4. The van der Waals surface area contributed by atoms with Crippen LogP contribution in [0.3, 0.4) is 0 Å². The maximum absolute atomic E-state index is 11.9. The summed E-state index contributed by atoms with van der Waals surface area (Å²) >= 11 is 0. The van der Waals surface area contributed by atoms with Crippen LogP contribution in [0.25, 0.3) is 0 Å². The average Bonchev–Trinajstić information content (AvgIpc) is 3.02. The monoisotopic (exact) mass is 292 g/mol. The summed E-state index contributed by atoms with van der Waals surface area (Å²) < 4.78 is 9.87. The minimum atomic E-state index is -0.453. The van der Waals surface area contributed by atoms with E-state index in [1.54, 1.807) is 0 Å². The molecule has 0 unspecified atom stereocenters. The Morgan fingerprint density at radius 3 is 2.90 bits per heavy atom. The number of ether oxygens (including phenoxy) is 1. The standard InChI is InChI=1S/C15H20N2O4/c1-20-13(18)8-5-9-16-14(19)12-10-21-15(17-12)11-6-3-2-4-7-11/h5,8,10-11H,2-4,6-7,9H2,1H3,(H,16,19)/b8-5+. The van der Waals surface area contributed by atoms with Gasteiger partial charge in [-0.2, -0.15) is 0 Å². The number of esters is 1. The van der Waals surface area contributed by atoms with Gasteiger partial charge in [0.1, 0.15) is 6.26 Å². The number of hydrogen-bond donors (Lipinski definition) is 1. The highest BCUT2D eigenvalue weighted by atomic mass is 16.5. The highest BCUT2D eigenvalue weighted by molar-refractivity contribution is 5.92. The van der Waals surface area contributed by atoms with Crippen LogP contribution in [0.15, 0.2) is 22.8 Å². The Morgan fingerprint density at radius 1 is 1.43 bits per heavy atom. The Bertz CT molecular complexity index is 515. The molecule has 114 valence electrons. The fraction of sp³-hybridized carbons (Fsp3) is 0.533. The molecule has 0 radical (unpaired) electrons. The van der Waals surface area contributed by atoms with Crippen molar-refractivity contribution >= 4 is 11.9 Å². The van der Waals surface area contributed by atoms with Crippen LogP contribution >= 0.6 is 0 Å². The lowest BCUT2D eigenvalue weighted by Gasteiger charge is -2.17. The molecular weight excluding hydrogens is 272 g/mol. The second-order valence-corrected chi connectivity index (χ2v) is 5.04. The summed E-state index contributed by atoms with van der Waals surface area (Å²) in [7, 11) is 1.30. The fourth-order valence-electron chi connectivity index (χ4n) is 2.39. The molecule has 1 aromatic heterocycles. The van der Waals surface area contributed by atoms with Crippen molar-refractivity contribution in [1.29, 1.82) is 0 Å². The van der Waals surface area contributed by atoms with Gasteiger partial charge in [-0.3, -0.25) is 4.79 Å².